The van der Waals surface area contributed by atoms with Gasteiger partial charge < -0.3 is 5.32 Å². The highest BCUT2D eigenvalue weighted by molar-refractivity contribution is 6.44. The average Bonchev–Trinajstić information content (AvgIpc) is 2.48. The van der Waals surface area contributed by atoms with Crippen LogP contribution in [0.3, 0.4) is 0 Å². The Labute approximate surface area is 148 Å². The Balaban J connectivity index is 0.00000242. The van der Waals surface area contributed by atoms with E-state index in [1.54, 1.807) is 6.07 Å². The molecule has 0 aliphatic heterocycles. The number of anilines is 1. The lowest BCUT2D eigenvalue weighted by Crippen LogP contribution is -2.55. The number of likely N-dealkylation sites (N-methyl/N-ethyl adjacent to an activating group) is 1. The van der Waals surface area contributed by atoms with Crippen LogP contribution in [-0.2, 0) is 4.79 Å². The molecule has 6 heteroatoms. The molecule has 1 amide bonds. The van der Waals surface area contributed by atoms with Crippen molar-refractivity contribution in [3.05, 3.63) is 27.7 Å². The third-order valence-corrected chi connectivity index (χ3v) is 5.31. The maximum atomic E-state index is 12.9. The zero-order chi connectivity index (χ0) is 15.6. The Morgan fingerprint density at radius 2 is 1.77 bits per heavy atom. The summed E-state index contributed by atoms with van der Waals surface area (Å²) in [7, 11) is 3.94. The number of halogens is 3. The largest absolute Gasteiger partial charge is 0.323 e. The maximum Gasteiger partial charge on any atom is 0.244 e. The van der Waals surface area contributed by atoms with Gasteiger partial charge in [0.15, 0.2) is 0 Å². The zero-order valence-corrected chi connectivity index (χ0v) is 15.5. The first-order valence-electron chi connectivity index (χ1n) is 7.32. The second kappa shape index (κ2) is 7.87. The lowest BCUT2D eigenvalue weighted by molar-refractivity contribution is -0.128. The van der Waals surface area contributed by atoms with E-state index in [0.29, 0.717) is 15.7 Å². The van der Waals surface area contributed by atoms with Crippen molar-refractivity contribution in [1.29, 1.82) is 0 Å². The summed E-state index contributed by atoms with van der Waals surface area (Å²) in [5.41, 5.74) is 1.10. The standard InChI is InChI=1S/C16H22Cl2N2O.ClH/c1-11-7-8-12(17)13(18)14(11)19-15(21)16(20(2)3)9-5-4-6-10-16;/h7-8H,4-6,9-10H2,1-3H3,(H,19,21);1H. The molecule has 3 nitrogen and oxygen atoms in total. The molecule has 0 unspecified atom stereocenters. The summed E-state index contributed by atoms with van der Waals surface area (Å²) in [4.78, 5) is 14.9. The molecule has 1 fully saturated rings. The molecule has 1 aliphatic carbocycles. The molecule has 0 radical (unpaired) electrons. The van der Waals surface area contributed by atoms with Gasteiger partial charge in [0.1, 0.15) is 5.54 Å². The molecular weight excluding hydrogens is 343 g/mol. The van der Waals surface area contributed by atoms with Crippen molar-refractivity contribution < 1.29 is 4.79 Å². The summed E-state index contributed by atoms with van der Waals surface area (Å²) >= 11 is 12.3. The van der Waals surface area contributed by atoms with E-state index < -0.39 is 5.54 Å². The summed E-state index contributed by atoms with van der Waals surface area (Å²) in [6, 6.07) is 3.62. The normalized spacial score (nSPS) is 17.0. The molecule has 1 N–H and O–H groups in total. The second-order valence-corrected chi connectivity index (χ2v) is 6.78. The van der Waals surface area contributed by atoms with E-state index in [9.17, 15) is 4.79 Å². The van der Waals surface area contributed by atoms with Crippen molar-refractivity contribution in [3.8, 4) is 0 Å². The number of hydrogen-bond donors (Lipinski definition) is 1. The van der Waals surface area contributed by atoms with Gasteiger partial charge in [0, 0.05) is 0 Å². The molecular formula is C16H23Cl3N2O. The van der Waals surface area contributed by atoms with E-state index in [4.69, 9.17) is 23.2 Å². The van der Waals surface area contributed by atoms with Crippen molar-refractivity contribution in [1.82, 2.24) is 4.90 Å². The molecule has 1 saturated carbocycles. The van der Waals surface area contributed by atoms with Gasteiger partial charge in [-0.3, -0.25) is 9.69 Å². The van der Waals surface area contributed by atoms with Gasteiger partial charge in [0.25, 0.3) is 0 Å². The lowest BCUT2D eigenvalue weighted by atomic mass is 9.80. The first kappa shape index (κ1) is 19.6. The highest BCUT2D eigenvalue weighted by Gasteiger charge is 2.41. The molecule has 0 heterocycles. The Morgan fingerprint density at radius 3 is 2.32 bits per heavy atom. The third-order valence-electron chi connectivity index (χ3n) is 4.50. The number of carbonyl (C=O) groups excluding carboxylic acids is 1. The van der Waals surface area contributed by atoms with Crippen LogP contribution in [0, 0.1) is 6.92 Å². The van der Waals surface area contributed by atoms with Crippen molar-refractivity contribution in [2.24, 2.45) is 0 Å². The predicted octanol–water partition coefficient (Wildman–Crippen LogP) is 4.93. The molecule has 22 heavy (non-hydrogen) atoms. The van der Waals surface area contributed by atoms with Crippen molar-refractivity contribution in [2.45, 2.75) is 44.6 Å². The van der Waals surface area contributed by atoms with Crippen LogP contribution >= 0.6 is 35.6 Å². The summed E-state index contributed by atoms with van der Waals surface area (Å²) in [5, 5.41) is 3.88. The van der Waals surface area contributed by atoms with Gasteiger partial charge in [-0.15, -0.1) is 12.4 Å². The SMILES string of the molecule is Cc1ccc(Cl)c(Cl)c1NC(=O)C1(N(C)C)CCCCC1.Cl. The van der Waals surface area contributed by atoms with Crippen LogP contribution in [0.25, 0.3) is 0 Å². The van der Waals surface area contributed by atoms with E-state index in [0.717, 1.165) is 31.2 Å². The van der Waals surface area contributed by atoms with Crippen LogP contribution in [-0.4, -0.2) is 30.4 Å². The monoisotopic (exact) mass is 364 g/mol. The first-order valence-corrected chi connectivity index (χ1v) is 8.07. The smallest absolute Gasteiger partial charge is 0.244 e. The summed E-state index contributed by atoms with van der Waals surface area (Å²) in [5.74, 6) is 0.0134. The van der Waals surface area contributed by atoms with Crippen LogP contribution in [0.4, 0.5) is 5.69 Å². The van der Waals surface area contributed by atoms with Crippen LogP contribution in [0.2, 0.25) is 10.0 Å². The number of aryl methyl sites for hydroxylation is 1. The highest BCUT2D eigenvalue weighted by Crippen LogP contribution is 2.37. The van der Waals surface area contributed by atoms with Crippen molar-refractivity contribution in [2.75, 3.05) is 19.4 Å². The van der Waals surface area contributed by atoms with E-state index in [2.05, 4.69) is 5.32 Å². The van der Waals surface area contributed by atoms with E-state index in [1.165, 1.54) is 6.42 Å². The van der Waals surface area contributed by atoms with Gasteiger partial charge >= 0.3 is 0 Å². The van der Waals surface area contributed by atoms with Crippen LogP contribution in [0.1, 0.15) is 37.7 Å². The minimum Gasteiger partial charge on any atom is -0.323 e. The Kier molecular flexibility index (Phi) is 7.00. The molecule has 1 aromatic carbocycles. The van der Waals surface area contributed by atoms with E-state index in [1.807, 2.05) is 32.0 Å². The van der Waals surface area contributed by atoms with Gasteiger partial charge in [-0.2, -0.15) is 0 Å². The topological polar surface area (TPSA) is 32.3 Å². The zero-order valence-electron chi connectivity index (χ0n) is 13.2. The summed E-state index contributed by atoms with van der Waals surface area (Å²) in [6.45, 7) is 1.92. The molecule has 1 aliphatic rings. The number of amides is 1. The molecule has 124 valence electrons. The minimum atomic E-state index is -0.448. The summed E-state index contributed by atoms with van der Waals surface area (Å²) < 4.78 is 0. The molecule has 0 saturated heterocycles. The average molecular weight is 366 g/mol. The fourth-order valence-corrected chi connectivity index (χ4v) is 3.46. The number of rotatable bonds is 3. The van der Waals surface area contributed by atoms with Crippen LogP contribution in [0.15, 0.2) is 12.1 Å². The van der Waals surface area contributed by atoms with Crippen molar-refractivity contribution >= 4 is 47.2 Å². The van der Waals surface area contributed by atoms with Gasteiger partial charge in [-0.05, 0) is 45.5 Å². The van der Waals surface area contributed by atoms with E-state index in [-0.39, 0.29) is 18.3 Å². The predicted molar refractivity (Wildman–Crippen MR) is 96.6 cm³/mol. The van der Waals surface area contributed by atoms with Gasteiger partial charge in [-0.1, -0.05) is 48.5 Å². The molecule has 0 spiro atoms. The fraction of sp³-hybridized carbons (Fsp3) is 0.562. The number of nitrogens with one attached hydrogen (secondary N) is 1. The minimum absolute atomic E-state index is 0. The van der Waals surface area contributed by atoms with Gasteiger partial charge in [0.2, 0.25) is 5.91 Å². The molecule has 1 aromatic rings. The first-order chi connectivity index (χ1) is 9.88. The quantitative estimate of drug-likeness (QED) is 0.824. The molecule has 0 aromatic heterocycles. The fourth-order valence-electron chi connectivity index (χ4n) is 3.04. The Bertz CT molecular complexity index is 540. The Hall–Kier alpha value is -0.480. The number of hydrogen-bond acceptors (Lipinski definition) is 2. The molecule has 0 bridgehead atoms. The number of nitrogens with zero attached hydrogens (tertiary/aromatic N) is 1. The van der Waals surface area contributed by atoms with E-state index >= 15 is 0 Å². The number of benzene rings is 1. The molecule has 2 rings (SSSR count). The lowest BCUT2D eigenvalue weighted by Gasteiger charge is -2.41. The highest BCUT2D eigenvalue weighted by atomic mass is 35.5. The molecule has 0 atom stereocenters. The second-order valence-electron chi connectivity index (χ2n) is 5.99. The van der Waals surface area contributed by atoms with Gasteiger partial charge in [0.05, 0.1) is 15.7 Å². The Morgan fingerprint density at radius 1 is 1.18 bits per heavy atom. The summed E-state index contributed by atoms with van der Waals surface area (Å²) in [6.07, 6.45) is 5.10. The van der Waals surface area contributed by atoms with Crippen molar-refractivity contribution in [3.63, 3.8) is 0 Å². The van der Waals surface area contributed by atoms with Gasteiger partial charge in [-0.25, -0.2) is 0 Å². The maximum absolute atomic E-state index is 12.9. The number of carbonyl (C=O) groups is 1. The van der Waals surface area contributed by atoms with Crippen LogP contribution < -0.4 is 5.32 Å². The third kappa shape index (κ3) is 3.70. The van der Waals surface area contributed by atoms with Crippen LogP contribution in [0.5, 0.6) is 0 Å².